The van der Waals surface area contributed by atoms with Crippen LogP contribution < -0.4 is 5.43 Å². The number of thiophene rings is 1. The molecule has 1 aromatic heterocycles. The zero-order valence-electron chi connectivity index (χ0n) is 11.4. The molecular formula is C16H15ClN2OS. The number of carbonyl (C=O) groups excluding carboxylic acids is 1. The van der Waals surface area contributed by atoms with Crippen molar-refractivity contribution in [2.45, 2.75) is 25.7 Å². The molecule has 21 heavy (non-hydrogen) atoms. The summed E-state index contributed by atoms with van der Waals surface area (Å²) in [5.74, 6) is 1.18. The van der Waals surface area contributed by atoms with E-state index >= 15 is 0 Å². The molecule has 2 fully saturated rings. The number of hydrogen-bond acceptors (Lipinski definition) is 3. The van der Waals surface area contributed by atoms with Crippen LogP contribution in [0, 0.1) is 11.8 Å². The summed E-state index contributed by atoms with van der Waals surface area (Å²) >= 11 is 7.73. The molecule has 0 aliphatic heterocycles. The average molecular weight is 319 g/mol. The third-order valence-corrected chi connectivity index (χ3v) is 6.23. The number of fused-ring (bicyclic) bond motifs is 3. The van der Waals surface area contributed by atoms with E-state index in [-0.39, 0.29) is 5.91 Å². The highest BCUT2D eigenvalue weighted by molar-refractivity contribution is 7.21. The van der Waals surface area contributed by atoms with E-state index in [1.165, 1.54) is 30.6 Å². The molecule has 2 aliphatic rings. The SMILES string of the molecule is O=C(N/N=C1\CC2CCC1C2)c1sc2ccccc2c1Cl. The number of nitrogens with one attached hydrogen (secondary N) is 1. The van der Waals surface area contributed by atoms with Crippen LogP contribution in [0.1, 0.15) is 35.4 Å². The molecule has 0 spiro atoms. The fourth-order valence-electron chi connectivity index (χ4n) is 3.50. The molecule has 2 aliphatic carbocycles. The number of hydrogen-bond donors (Lipinski definition) is 1. The van der Waals surface area contributed by atoms with E-state index in [1.54, 1.807) is 0 Å². The molecule has 1 N–H and O–H groups in total. The van der Waals surface area contributed by atoms with Crippen LogP contribution in [-0.2, 0) is 0 Å². The van der Waals surface area contributed by atoms with Gasteiger partial charge >= 0.3 is 0 Å². The molecule has 0 radical (unpaired) electrons. The smallest absolute Gasteiger partial charge is 0.266 e. The Balaban J connectivity index is 1.56. The monoisotopic (exact) mass is 318 g/mol. The molecule has 108 valence electrons. The maximum Gasteiger partial charge on any atom is 0.283 e. The minimum absolute atomic E-state index is 0.198. The lowest BCUT2D eigenvalue weighted by Gasteiger charge is -2.11. The van der Waals surface area contributed by atoms with Crippen LogP contribution >= 0.6 is 22.9 Å². The third kappa shape index (κ3) is 2.27. The minimum Gasteiger partial charge on any atom is -0.266 e. The average Bonchev–Trinajstić information content (AvgIpc) is 3.20. The van der Waals surface area contributed by atoms with Gasteiger partial charge in [0.15, 0.2) is 0 Å². The molecule has 0 saturated heterocycles. The van der Waals surface area contributed by atoms with Gasteiger partial charge in [-0.2, -0.15) is 5.10 Å². The van der Waals surface area contributed by atoms with Crippen molar-refractivity contribution in [1.82, 2.24) is 5.43 Å². The Morgan fingerprint density at radius 1 is 1.33 bits per heavy atom. The quantitative estimate of drug-likeness (QED) is 0.816. The van der Waals surface area contributed by atoms with Crippen LogP contribution in [0.15, 0.2) is 29.4 Å². The van der Waals surface area contributed by atoms with Crippen molar-refractivity contribution in [3.8, 4) is 0 Å². The standard InChI is InChI=1S/C16H15ClN2OS/c17-14-11-3-1-2-4-13(11)21-15(14)16(20)19-18-12-8-9-5-6-10(12)7-9/h1-4,9-10H,5-8H2,(H,19,20)/b18-12+. The maximum absolute atomic E-state index is 12.3. The van der Waals surface area contributed by atoms with Crippen molar-refractivity contribution < 1.29 is 4.79 Å². The number of rotatable bonds is 2. The second-order valence-electron chi connectivity index (χ2n) is 5.87. The zero-order valence-corrected chi connectivity index (χ0v) is 13.0. The summed E-state index contributed by atoms with van der Waals surface area (Å²) in [5, 5.41) is 5.82. The highest BCUT2D eigenvalue weighted by Crippen LogP contribution is 2.42. The summed E-state index contributed by atoms with van der Waals surface area (Å²) in [6.45, 7) is 0. The van der Waals surface area contributed by atoms with E-state index in [0.29, 0.717) is 15.8 Å². The second-order valence-corrected chi connectivity index (χ2v) is 7.30. The lowest BCUT2D eigenvalue weighted by atomic mass is 9.99. The lowest BCUT2D eigenvalue weighted by molar-refractivity contribution is 0.0958. The van der Waals surface area contributed by atoms with Gasteiger partial charge in [-0.15, -0.1) is 11.3 Å². The first kappa shape index (κ1) is 13.3. The Kier molecular flexibility index (Phi) is 3.23. The molecule has 1 amide bonds. The fraction of sp³-hybridized carbons (Fsp3) is 0.375. The summed E-state index contributed by atoms with van der Waals surface area (Å²) in [6, 6.07) is 7.79. The van der Waals surface area contributed by atoms with E-state index in [0.717, 1.165) is 28.1 Å². The first-order chi connectivity index (χ1) is 10.2. The van der Waals surface area contributed by atoms with Crippen LogP contribution in [0.3, 0.4) is 0 Å². The van der Waals surface area contributed by atoms with Crippen molar-refractivity contribution >= 4 is 44.6 Å². The molecule has 2 atom stereocenters. The van der Waals surface area contributed by atoms with E-state index in [2.05, 4.69) is 10.5 Å². The second kappa shape index (κ2) is 5.11. The van der Waals surface area contributed by atoms with E-state index < -0.39 is 0 Å². The summed E-state index contributed by atoms with van der Waals surface area (Å²) in [5.41, 5.74) is 3.87. The van der Waals surface area contributed by atoms with Gasteiger partial charge in [-0.1, -0.05) is 29.8 Å². The zero-order chi connectivity index (χ0) is 14.4. The van der Waals surface area contributed by atoms with Gasteiger partial charge in [0.2, 0.25) is 0 Å². The lowest BCUT2D eigenvalue weighted by Crippen LogP contribution is -2.21. The first-order valence-electron chi connectivity index (χ1n) is 7.26. The Morgan fingerprint density at radius 2 is 2.19 bits per heavy atom. The molecular weight excluding hydrogens is 304 g/mol. The van der Waals surface area contributed by atoms with Gasteiger partial charge in [0.05, 0.1) is 5.02 Å². The van der Waals surface area contributed by atoms with Crippen molar-refractivity contribution in [2.75, 3.05) is 0 Å². The largest absolute Gasteiger partial charge is 0.283 e. The molecule has 2 aromatic rings. The molecule has 5 heteroatoms. The highest BCUT2D eigenvalue weighted by atomic mass is 35.5. The molecule has 1 heterocycles. The molecule has 3 nitrogen and oxygen atoms in total. The Labute approximate surface area is 132 Å². The van der Waals surface area contributed by atoms with Gasteiger partial charge in [0.25, 0.3) is 5.91 Å². The predicted molar refractivity (Wildman–Crippen MR) is 87.2 cm³/mol. The van der Waals surface area contributed by atoms with Gasteiger partial charge < -0.3 is 0 Å². The van der Waals surface area contributed by atoms with Gasteiger partial charge in [-0.05, 0) is 43.6 Å². The summed E-state index contributed by atoms with van der Waals surface area (Å²) in [4.78, 5) is 12.9. The summed E-state index contributed by atoms with van der Waals surface area (Å²) < 4.78 is 1.03. The van der Waals surface area contributed by atoms with Crippen molar-refractivity contribution in [3.63, 3.8) is 0 Å². The van der Waals surface area contributed by atoms with E-state index in [9.17, 15) is 4.79 Å². The fourth-order valence-corrected chi connectivity index (χ4v) is 4.90. The number of hydrazone groups is 1. The van der Waals surface area contributed by atoms with Crippen LogP contribution in [0.25, 0.3) is 10.1 Å². The number of benzene rings is 1. The third-order valence-electron chi connectivity index (χ3n) is 4.55. The number of carbonyl (C=O) groups is 1. The molecule has 2 unspecified atom stereocenters. The van der Waals surface area contributed by atoms with E-state index in [1.807, 2.05) is 24.3 Å². The van der Waals surface area contributed by atoms with Gasteiger partial charge in [0, 0.05) is 15.8 Å². The number of amides is 1. The van der Waals surface area contributed by atoms with Crippen molar-refractivity contribution in [3.05, 3.63) is 34.2 Å². The Hall–Kier alpha value is -1.39. The van der Waals surface area contributed by atoms with Crippen LogP contribution in [-0.4, -0.2) is 11.6 Å². The van der Waals surface area contributed by atoms with Gasteiger partial charge in [0.1, 0.15) is 4.88 Å². The Morgan fingerprint density at radius 3 is 2.90 bits per heavy atom. The Bertz CT molecular complexity index is 752. The molecule has 2 bridgehead atoms. The maximum atomic E-state index is 12.3. The normalized spacial score (nSPS) is 25.9. The van der Waals surface area contributed by atoms with Gasteiger partial charge in [-0.3, -0.25) is 4.79 Å². The summed E-state index contributed by atoms with van der Waals surface area (Å²) in [7, 11) is 0. The molecule has 1 aromatic carbocycles. The van der Waals surface area contributed by atoms with Crippen LogP contribution in [0.4, 0.5) is 0 Å². The predicted octanol–water partition coefficient (Wildman–Crippen LogP) is 4.46. The minimum atomic E-state index is -0.198. The first-order valence-corrected chi connectivity index (χ1v) is 8.45. The van der Waals surface area contributed by atoms with Crippen molar-refractivity contribution in [1.29, 1.82) is 0 Å². The van der Waals surface area contributed by atoms with Crippen molar-refractivity contribution in [2.24, 2.45) is 16.9 Å². The van der Waals surface area contributed by atoms with Crippen LogP contribution in [0.2, 0.25) is 5.02 Å². The van der Waals surface area contributed by atoms with Gasteiger partial charge in [-0.25, -0.2) is 5.43 Å². The van der Waals surface area contributed by atoms with Crippen LogP contribution in [0.5, 0.6) is 0 Å². The van der Waals surface area contributed by atoms with E-state index in [4.69, 9.17) is 11.6 Å². The molecule has 4 rings (SSSR count). The number of halogens is 1. The highest BCUT2D eigenvalue weighted by Gasteiger charge is 2.36. The number of nitrogens with zero attached hydrogens (tertiary/aromatic N) is 1. The topological polar surface area (TPSA) is 41.5 Å². The summed E-state index contributed by atoms with van der Waals surface area (Å²) in [6.07, 6.45) is 4.84. The molecule has 2 saturated carbocycles.